The molecule has 1 aliphatic rings. The van der Waals surface area contributed by atoms with Crippen LogP contribution in [0.3, 0.4) is 0 Å². The van der Waals surface area contributed by atoms with Crippen molar-refractivity contribution in [1.29, 1.82) is 0 Å². The minimum Gasteiger partial charge on any atom is -0.359 e. The van der Waals surface area contributed by atoms with Crippen LogP contribution in [0.2, 0.25) is 0 Å². The van der Waals surface area contributed by atoms with E-state index in [-0.39, 0.29) is 49.2 Å². The molecule has 1 amide bonds. The largest absolute Gasteiger partial charge is 0.418 e. The zero-order valence-electron chi connectivity index (χ0n) is 20.1. The smallest absolute Gasteiger partial charge is 0.359 e. The van der Waals surface area contributed by atoms with Crippen molar-refractivity contribution in [3.63, 3.8) is 0 Å². The molecule has 37 heavy (non-hydrogen) atoms. The Hall–Kier alpha value is -3.56. The second-order valence-corrected chi connectivity index (χ2v) is 9.18. The summed E-state index contributed by atoms with van der Waals surface area (Å²) in [7, 11) is 1.57. The Morgan fingerprint density at radius 1 is 1.32 bits per heavy atom. The zero-order valence-corrected chi connectivity index (χ0v) is 20.9. The SMILES string of the molecule is CC(=O)CN1C(=O)c2c(ncn2CCOCNc2csc(-c3cnc(C)c(C(F)(F)F)c3)n2)N(C)C1O. The fraction of sp³-hybridized carbons (Fsp3) is 0.409. The number of alkyl halides is 3. The van der Waals surface area contributed by atoms with Gasteiger partial charge >= 0.3 is 6.18 Å². The number of aliphatic hydroxyl groups excluding tert-OH is 1. The second kappa shape index (κ2) is 10.4. The summed E-state index contributed by atoms with van der Waals surface area (Å²) in [6, 6.07) is 1.03. The Morgan fingerprint density at radius 2 is 2.08 bits per heavy atom. The molecule has 15 heteroatoms. The number of ketones is 1. The third kappa shape index (κ3) is 5.57. The van der Waals surface area contributed by atoms with Crippen molar-refractivity contribution in [2.45, 2.75) is 32.9 Å². The number of carbonyl (C=O) groups is 2. The quantitative estimate of drug-likeness (QED) is 0.312. The van der Waals surface area contributed by atoms with Crippen LogP contribution in [-0.4, -0.2) is 74.5 Å². The highest BCUT2D eigenvalue weighted by Crippen LogP contribution is 2.35. The van der Waals surface area contributed by atoms with E-state index < -0.39 is 24.0 Å². The molecule has 0 bridgehead atoms. The van der Waals surface area contributed by atoms with Gasteiger partial charge in [-0.2, -0.15) is 13.2 Å². The van der Waals surface area contributed by atoms with Gasteiger partial charge in [-0.25, -0.2) is 9.97 Å². The zero-order chi connectivity index (χ0) is 26.9. The molecule has 2 N–H and O–H groups in total. The number of halogens is 3. The summed E-state index contributed by atoms with van der Waals surface area (Å²) in [6.07, 6.45) is -2.99. The summed E-state index contributed by atoms with van der Waals surface area (Å²) in [5.41, 5.74) is -0.404. The summed E-state index contributed by atoms with van der Waals surface area (Å²) in [5, 5.41) is 15.3. The number of anilines is 2. The molecule has 0 radical (unpaired) electrons. The first-order valence-electron chi connectivity index (χ1n) is 11.0. The number of aryl methyl sites for hydroxylation is 1. The lowest BCUT2D eigenvalue weighted by Crippen LogP contribution is -2.55. The molecular weight excluding hydrogens is 515 g/mol. The topological polar surface area (TPSA) is 126 Å². The summed E-state index contributed by atoms with van der Waals surface area (Å²) in [6.45, 7) is 2.92. The molecular formula is C22H24F3N7O4S. The number of Topliss-reactive ketones (excluding diaryl/α,β-unsaturated/α-hetero) is 1. The van der Waals surface area contributed by atoms with Crippen LogP contribution < -0.4 is 10.2 Å². The minimum absolute atomic E-state index is 0.0586. The number of nitrogens with one attached hydrogen (secondary N) is 1. The van der Waals surface area contributed by atoms with Gasteiger partial charge in [0.1, 0.15) is 23.3 Å². The molecule has 3 aromatic rings. The van der Waals surface area contributed by atoms with Crippen LogP contribution in [0, 0.1) is 6.92 Å². The molecule has 1 unspecified atom stereocenters. The number of imidazole rings is 1. The van der Waals surface area contributed by atoms with Crippen molar-refractivity contribution >= 4 is 34.7 Å². The van der Waals surface area contributed by atoms with E-state index in [0.717, 1.165) is 11.0 Å². The normalized spacial score (nSPS) is 15.8. The third-order valence-electron chi connectivity index (χ3n) is 5.61. The van der Waals surface area contributed by atoms with Crippen molar-refractivity contribution in [2.24, 2.45) is 0 Å². The van der Waals surface area contributed by atoms with Crippen LogP contribution in [0.15, 0.2) is 24.0 Å². The molecule has 0 aromatic carbocycles. The molecule has 0 fully saturated rings. The van der Waals surface area contributed by atoms with Crippen molar-refractivity contribution in [3.05, 3.63) is 40.9 Å². The Kier molecular flexibility index (Phi) is 7.47. The molecule has 11 nitrogen and oxygen atoms in total. The molecule has 4 heterocycles. The van der Waals surface area contributed by atoms with Gasteiger partial charge in [0.2, 0.25) is 6.35 Å². The van der Waals surface area contributed by atoms with E-state index in [0.29, 0.717) is 16.6 Å². The van der Waals surface area contributed by atoms with Crippen LogP contribution in [-0.2, 0) is 22.3 Å². The third-order valence-corrected chi connectivity index (χ3v) is 6.50. The van der Waals surface area contributed by atoms with E-state index in [1.54, 1.807) is 17.0 Å². The van der Waals surface area contributed by atoms with Crippen molar-refractivity contribution in [2.75, 3.05) is 37.1 Å². The number of hydrogen-bond acceptors (Lipinski definition) is 10. The Balaban J connectivity index is 1.33. The van der Waals surface area contributed by atoms with Crippen LogP contribution in [0.25, 0.3) is 10.6 Å². The second-order valence-electron chi connectivity index (χ2n) is 8.32. The van der Waals surface area contributed by atoms with E-state index in [1.807, 2.05) is 0 Å². The lowest BCUT2D eigenvalue weighted by Gasteiger charge is -2.38. The number of amides is 1. The first-order valence-corrected chi connectivity index (χ1v) is 11.9. The number of hydrogen-bond donors (Lipinski definition) is 2. The highest BCUT2D eigenvalue weighted by Gasteiger charge is 2.38. The summed E-state index contributed by atoms with van der Waals surface area (Å²) < 4.78 is 46.7. The van der Waals surface area contributed by atoms with E-state index in [9.17, 15) is 27.9 Å². The van der Waals surface area contributed by atoms with E-state index in [1.165, 1.54) is 42.6 Å². The number of aromatic nitrogens is 4. The van der Waals surface area contributed by atoms with Crippen molar-refractivity contribution in [3.8, 4) is 10.6 Å². The van der Waals surface area contributed by atoms with Gasteiger partial charge in [0.15, 0.2) is 11.5 Å². The lowest BCUT2D eigenvalue weighted by molar-refractivity contribution is -0.138. The number of fused-ring (bicyclic) bond motifs is 1. The first kappa shape index (κ1) is 26.5. The number of ether oxygens (including phenoxy) is 1. The molecule has 0 spiro atoms. The van der Waals surface area contributed by atoms with Crippen molar-refractivity contribution < 1.29 is 32.6 Å². The van der Waals surface area contributed by atoms with E-state index in [4.69, 9.17) is 4.74 Å². The molecule has 198 valence electrons. The fourth-order valence-corrected chi connectivity index (χ4v) is 4.51. The summed E-state index contributed by atoms with van der Waals surface area (Å²) in [5.74, 6) is -0.0560. The fourth-order valence-electron chi connectivity index (χ4n) is 3.76. The van der Waals surface area contributed by atoms with Gasteiger partial charge < -0.3 is 24.6 Å². The molecule has 3 aromatic heterocycles. The number of rotatable bonds is 9. The summed E-state index contributed by atoms with van der Waals surface area (Å²) in [4.78, 5) is 39.2. The molecule has 0 saturated carbocycles. The molecule has 1 atom stereocenters. The molecule has 0 aliphatic carbocycles. The van der Waals surface area contributed by atoms with E-state index in [2.05, 4.69) is 20.3 Å². The van der Waals surface area contributed by atoms with Crippen LogP contribution in [0.4, 0.5) is 24.8 Å². The maximum absolute atomic E-state index is 13.2. The Labute approximate surface area is 213 Å². The van der Waals surface area contributed by atoms with Crippen molar-refractivity contribution in [1.82, 2.24) is 24.4 Å². The van der Waals surface area contributed by atoms with E-state index >= 15 is 0 Å². The summed E-state index contributed by atoms with van der Waals surface area (Å²) >= 11 is 1.17. The minimum atomic E-state index is -4.50. The number of aliphatic hydroxyl groups is 1. The van der Waals surface area contributed by atoms with Crippen LogP contribution in [0.1, 0.15) is 28.7 Å². The highest BCUT2D eigenvalue weighted by molar-refractivity contribution is 7.13. The average molecular weight is 540 g/mol. The van der Waals surface area contributed by atoms with Gasteiger partial charge in [-0.1, -0.05) is 0 Å². The first-order chi connectivity index (χ1) is 17.5. The van der Waals surface area contributed by atoms with Gasteiger partial charge in [0.05, 0.1) is 25.0 Å². The standard InChI is InChI=1S/C22H24F3N7O4S/c1-12(33)8-32-20(34)17-18(30(3)21(32)35)27-10-31(17)4-5-36-11-28-16-9-37-19(29-16)14-6-15(22(23,24)25)13(2)26-7-14/h6-7,9-10,21,28,35H,4-5,8,11H2,1-3H3. The average Bonchev–Trinajstić information content (AvgIpc) is 3.47. The number of thiazole rings is 1. The maximum atomic E-state index is 13.2. The van der Waals surface area contributed by atoms with Crippen LogP contribution >= 0.6 is 11.3 Å². The van der Waals surface area contributed by atoms with Gasteiger partial charge in [-0.05, 0) is 19.9 Å². The van der Waals surface area contributed by atoms with Gasteiger partial charge in [-0.15, -0.1) is 11.3 Å². The van der Waals surface area contributed by atoms with Gasteiger partial charge in [-0.3, -0.25) is 19.5 Å². The van der Waals surface area contributed by atoms with Gasteiger partial charge in [0.25, 0.3) is 5.91 Å². The number of carbonyl (C=O) groups excluding carboxylic acids is 2. The monoisotopic (exact) mass is 539 g/mol. The maximum Gasteiger partial charge on any atom is 0.418 e. The Morgan fingerprint density at radius 3 is 2.78 bits per heavy atom. The molecule has 0 saturated heterocycles. The van der Waals surface area contributed by atoms with Gasteiger partial charge in [0, 0.05) is 36.4 Å². The molecule has 4 rings (SSSR count). The Bertz CT molecular complexity index is 1310. The lowest BCUT2D eigenvalue weighted by atomic mass is 10.1. The predicted molar refractivity (Wildman–Crippen MR) is 128 cm³/mol. The predicted octanol–water partition coefficient (Wildman–Crippen LogP) is 2.57. The number of pyridine rings is 1. The molecule has 1 aliphatic heterocycles. The highest BCUT2D eigenvalue weighted by atomic mass is 32.1. The van der Waals surface area contributed by atoms with Crippen LogP contribution in [0.5, 0.6) is 0 Å². The number of nitrogens with zero attached hydrogens (tertiary/aromatic N) is 6.